The van der Waals surface area contributed by atoms with E-state index in [4.69, 9.17) is 4.74 Å². The van der Waals surface area contributed by atoms with Crippen LogP contribution in [0.15, 0.2) is 5.16 Å². The van der Waals surface area contributed by atoms with Gasteiger partial charge < -0.3 is 10.1 Å². The topological polar surface area (TPSA) is 64.9 Å². The highest BCUT2D eigenvalue weighted by atomic mass is 32.2. The van der Waals surface area contributed by atoms with E-state index in [9.17, 15) is 0 Å². The van der Waals surface area contributed by atoms with Gasteiger partial charge in [0.05, 0.1) is 13.2 Å². The van der Waals surface area contributed by atoms with Gasteiger partial charge in [0.25, 0.3) is 0 Å². The van der Waals surface area contributed by atoms with Crippen LogP contribution in [0, 0.1) is 5.92 Å². The number of nitrogens with zero attached hydrogens (tertiary/aromatic N) is 4. The van der Waals surface area contributed by atoms with Crippen LogP contribution in [0.5, 0.6) is 0 Å². The molecule has 20 heavy (non-hydrogen) atoms. The number of nitrogens with one attached hydrogen (secondary N) is 1. The lowest BCUT2D eigenvalue weighted by Crippen LogP contribution is -2.24. The van der Waals surface area contributed by atoms with Gasteiger partial charge in [0.1, 0.15) is 0 Å². The lowest BCUT2D eigenvalue weighted by molar-refractivity contribution is 0.199. The van der Waals surface area contributed by atoms with Crippen molar-refractivity contribution in [3.05, 3.63) is 0 Å². The molecule has 1 aliphatic rings. The molecule has 0 saturated heterocycles. The van der Waals surface area contributed by atoms with Crippen LogP contribution in [0.25, 0.3) is 0 Å². The molecule has 0 amide bonds. The first-order chi connectivity index (χ1) is 9.79. The van der Waals surface area contributed by atoms with Crippen molar-refractivity contribution in [3.63, 3.8) is 0 Å². The van der Waals surface area contributed by atoms with Crippen LogP contribution < -0.4 is 5.32 Å². The first-order valence-corrected chi connectivity index (χ1v) is 8.30. The van der Waals surface area contributed by atoms with E-state index in [1.807, 2.05) is 16.4 Å². The number of aromatic nitrogens is 4. The number of rotatable bonds is 8. The summed E-state index contributed by atoms with van der Waals surface area (Å²) in [6.45, 7) is 5.61. The van der Waals surface area contributed by atoms with E-state index in [2.05, 4.69) is 27.8 Å². The average Bonchev–Trinajstić information content (AvgIpc) is 2.86. The van der Waals surface area contributed by atoms with E-state index < -0.39 is 0 Å². The van der Waals surface area contributed by atoms with Crippen molar-refractivity contribution in [2.24, 2.45) is 5.92 Å². The van der Waals surface area contributed by atoms with Crippen LogP contribution >= 0.6 is 11.8 Å². The molecule has 1 aromatic rings. The quantitative estimate of drug-likeness (QED) is 0.735. The fraction of sp³-hybridized carbons (Fsp3) is 0.923. The molecule has 0 bridgehead atoms. The molecule has 0 aromatic carbocycles. The van der Waals surface area contributed by atoms with Crippen LogP contribution in [0.4, 0.5) is 0 Å². The molecule has 0 spiro atoms. The number of thioether (sulfide) groups is 1. The summed E-state index contributed by atoms with van der Waals surface area (Å²) in [7, 11) is 1.71. The maximum absolute atomic E-state index is 5.00. The van der Waals surface area contributed by atoms with Gasteiger partial charge in [-0.15, -0.1) is 5.10 Å². The van der Waals surface area contributed by atoms with E-state index >= 15 is 0 Å². The molecule has 2 atom stereocenters. The maximum atomic E-state index is 5.00. The fourth-order valence-corrected chi connectivity index (χ4v) is 3.88. The minimum Gasteiger partial charge on any atom is -0.383 e. The van der Waals surface area contributed by atoms with Crippen molar-refractivity contribution >= 4 is 11.8 Å². The van der Waals surface area contributed by atoms with Crippen LogP contribution in [0.3, 0.4) is 0 Å². The van der Waals surface area contributed by atoms with Gasteiger partial charge >= 0.3 is 0 Å². The standard InChI is InChI=1S/C13H25N5OS/c1-11-4-3-5-12(10-11)20-13-15-16-17-18(13)8-6-14-7-9-19-2/h11-12,14H,3-10H2,1-2H3. The monoisotopic (exact) mass is 299 g/mol. The summed E-state index contributed by atoms with van der Waals surface area (Å²) < 4.78 is 6.91. The summed E-state index contributed by atoms with van der Waals surface area (Å²) in [5, 5.41) is 17.0. The molecule has 6 nitrogen and oxygen atoms in total. The van der Waals surface area contributed by atoms with Gasteiger partial charge in [0, 0.05) is 25.4 Å². The zero-order valence-corrected chi connectivity index (χ0v) is 13.2. The zero-order chi connectivity index (χ0) is 14.2. The number of methoxy groups -OCH3 is 1. The third-order valence-corrected chi connectivity index (χ3v) is 4.91. The van der Waals surface area contributed by atoms with Crippen molar-refractivity contribution in [2.45, 2.75) is 49.6 Å². The van der Waals surface area contributed by atoms with E-state index in [0.29, 0.717) is 5.25 Å². The predicted octanol–water partition coefficient (Wildman–Crippen LogP) is 1.58. The van der Waals surface area contributed by atoms with Gasteiger partial charge in [-0.25, -0.2) is 4.68 Å². The van der Waals surface area contributed by atoms with Gasteiger partial charge in [-0.05, 0) is 29.2 Å². The first-order valence-electron chi connectivity index (χ1n) is 7.42. The predicted molar refractivity (Wildman–Crippen MR) is 79.8 cm³/mol. The van der Waals surface area contributed by atoms with Crippen LogP contribution in [-0.4, -0.2) is 52.3 Å². The zero-order valence-electron chi connectivity index (χ0n) is 12.4. The highest BCUT2D eigenvalue weighted by Gasteiger charge is 2.22. The van der Waals surface area contributed by atoms with Gasteiger partial charge in [0.2, 0.25) is 5.16 Å². The molecule has 114 valence electrons. The third kappa shape index (κ3) is 5.03. The highest BCUT2D eigenvalue weighted by molar-refractivity contribution is 7.99. The third-order valence-electron chi connectivity index (χ3n) is 3.64. The number of tetrazole rings is 1. The summed E-state index contributed by atoms with van der Waals surface area (Å²) in [4.78, 5) is 0. The van der Waals surface area contributed by atoms with Crippen LogP contribution in [0.1, 0.15) is 32.6 Å². The van der Waals surface area contributed by atoms with Gasteiger partial charge in [-0.2, -0.15) is 0 Å². The van der Waals surface area contributed by atoms with E-state index in [1.54, 1.807) is 7.11 Å². The Morgan fingerprint density at radius 1 is 1.40 bits per heavy atom. The van der Waals surface area contributed by atoms with Crippen molar-refractivity contribution in [1.29, 1.82) is 0 Å². The van der Waals surface area contributed by atoms with Crippen LogP contribution in [-0.2, 0) is 11.3 Å². The Kier molecular flexibility index (Phi) is 6.75. The normalized spacial score (nSPS) is 23.1. The van der Waals surface area contributed by atoms with E-state index in [1.165, 1.54) is 25.7 Å². The maximum Gasteiger partial charge on any atom is 0.209 e. The summed E-state index contributed by atoms with van der Waals surface area (Å²) in [5.41, 5.74) is 0. The molecule has 2 unspecified atom stereocenters. The lowest BCUT2D eigenvalue weighted by atomic mass is 9.91. The fourth-order valence-electron chi connectivity index (χ4n) is 2.54. The Morgan fingerprint density at radius 2 is 2.30 bits per heavy atom. The summed E-state index contributed by atoms with van der Waals surface area (Å²) in [6, 6.07) is 0. The van der Waals surface area contributed by atoms with Gasteiger partial charge in [-0.3, -0.25) is 0 Å². The molecular weight excluding hydrogens is 274 g/mol. The summed E-state index contributed by atoms with van der Waals surface area (Å²) in [6.07, 6.45) is 5.27. The number of hydrogen-bond acceptors (Lipinski definition) is 6. The highest BCUT2D eigenvalue weighted by Crippen LogP contribution is 2.34. The van der Waals surface area contributed by atoms with Crippen molar-refractivity contribution < 1.29 is 4.74 Å². The minimum atomic E-state index is 0.671. The lowest BCUT2D eigenvalue weighted by Gasteiger charge is -2.25. The smallest absolute Gasteiger partial charge is 0.209 e. The Morgan fingerprint density at radius 3 is 3.10 bits per heavy atom. The molecule has 2 rings (SSSR count). The van der Waals surface area contributed by atoms with Gasteiger partial charge in [-0.1, -0.05) is 31.5 Å². The van der Waals surface area contributed by atoms with Crippen LogP contribution in [0.2, 0.25) is 0 Å². The number of ether oxygens (including phenoxy) is 1. The Hall–Kier alpha value is -0.660. The van der Waals surface area contributed by atoms with Crippen molar-refractivity contribution in [1.82, 2.24) is 25.5 Å². The average molecular weight is 299 g/mol. The van der Waals surface area contributed by atoms with E-state index in [-0.39, 0.29) is 0 Å². The van der Waals surface area contributed by atoms with Crippen molar-refractivity contribution in [3.8, 4) is 0 Å². The molecule has 1 heterocycles. The number of hydrogen-bond donors (Lipinski definition) is 1. The molecule has 1 N–H and O–H groups in total. The Balaban J connectivity index is 1.76. The van der Waals surface area contributed by atoms with Gasteiger partial charge in [0.15, 0.2) is 0 Å². The SMILES string of the molecule is COCCNCCn1nnnc1SC1CCCC(C)C1. The summed E-state index contributed by atoms with van der Waals surface area (Å²) >= 11 is 1.84. The Labute approximate surface area is 125 Å². The first kappa shape index (κ1) is 15.7. The second kappa shape index (κ2) is 8.59. The van der Waals surface area contributed by atoms with Crippen molar-refractivity contribution in [2.75, 3.05) is 26.8 Å². The molecule has 1 saturated carbocycles. The Bertz CT molecular complexity index is 387. The second-order valence-electron chi connectivity index (χ2n) is 5.44. The summed E-state index contributed by atoms with van der Waals surface area (Å²) in [5.74, 6) is 0.835. The molecule has 0 aliphatic heterocycles. The molecule has 1 aliphatic carbocycles. The molecule has 1 fully saturated rings. The molecule has 7 heteroatoms. The largest absolute Gasteiger partial charge is 0.383 e. The minimum absolute atomic E-state index is 0.671. The molecule has 0 radical (unpaired) electrons. The second-order valence-corrected chi connectivity index (χ2v) is 6.71. The molecular formula is C13H25N5OS. The van der Waals surface area contributed by atoms with E-state index in [0.717, 1.165) is 37.3 Å². The molecule has 1 aromatic heterocycles.